The van der Waals surface area contributed by atoms with Gasteiger partial charge < -0.3 is 14.0 Å². The number of hydrogen-bond acceptors (Lipinski definition) is 4. The molecule has 1 heterocycles. The maximum absolute atomic E-state index is 11.5. The molecule has 0 aliphatic heterocycles. The normalized spacial score (nSPS) is 10.1. The molecular weight excluding hydrogens is 258 g/mol. The van der Waals surface area contributed by atoms with Gasteiger partial charge in [0.1, 0.15) is 12.9 Å². The van der Waals surface area contributed by atoms with E-state index < -0.39 is 0 Å². The number of carbonyl (C=O) groups excluding carboxylic acids is 1. The number of rotatable bonds is 6. The molecule has 0 atom stereocenters. The fourth-order valence-corrected chi connectivity index (χ4v) is 1.78. The van der Waals surface area contributed by atoms with Crippen LogP contribution in [0.5, 0.6) is 11.5 Å². The largest absolute Gasteiger partial charge is 0.493 e. The second kappa shape index (κ2) is 6.56. The predicted molar refractivity (Wildman–Crippen MR) is 74.6 cm³/mol. The van der Waals surface area contributed by atoms with E-state index in [2.05, 4.69) is 0 Å². The van der Waals surface area contributed by atoms with Gasteiger partial charge in [-0.1, -0.05) is 6.07 Å². The molecule has 0 saturated heterocycles. The molecule has 1 aromatic carbocycles. The Morgan fingerprint density at radius 1 is 1.20 bits per heavy atom. The summed E-state index contributed by atoms with van der Waals surface area (Å²) in [5.41, 5.74) is 0.433. The number of ether oxygens (including phenoxy) is 2. The molecule has 0 unspecified atom stereocenters. The first-order chi connectivity index (χ1) is 9.74. The van der Waals surface area contributed by atoms with E-state index in [1.165, 1.54) is 13.2 Å². The second-order valence-corrected chi connectivity index (χ2v) is 4.11. The Kier molecular flexibility index (Phi) is 4.55. The molecule has 5 heteroatoms. The molecule has 20 heavy (non-hydrogen) atoms. The van der Waals surface area contributed by atoms with Crippen LogP contribution in [0.4, 0.5) is 0 Å². The Bertz CT molecular complexity index is 648. The standard InChI is InChI=1S/C15H15NO4/c1-19-13-6-5-12(11-17)10-14(13)20-9-8-16-7-3-2-4-15(16)18/h2-7,10-11H,8-9H2,1H3. The zero-order chi connectivity index (χ0) is 14.4. The molecule has 0 aliphatic carbocycles. The highest BCUT2D eigenvalue weighted by Gasteiger charge is 2.05. The van der Waals surface area contributed by atoms with Crippen molar-refractivity contribution in [2.24, 2.45) is 0 Å². The smallest absolute Gasteiger partial charge is 0.250 e. The third-order valence-electron chi connectivity index (χ3n) is 2.81. The van der Waals surface area contributed by atoms with Crippen LogP contribution in [-0.4, -0.2) is 24.6 Å². The summed E-state index contributed by atoms with van der Waals surface area (Å²) in [5, 5.41) is 0. The maximum atomic E-state index is 11.5. The van der Waals surface area contributed by atoms with Crippen LogP contribution in [-0.2, 0) is 6.54 Å². The first kappa shape index (κ1) is 13.9. The summed E-state index contributed by atoms with van der Waals surface area (Å²) in [4.78, 5) is 22.3. The third-order valence-corrected chi connectivity index (χ3v) is 2.81. The zero-order valence-electron chi connectivity index (χ0n) is 11.1. The van der Waals surface area contributed by atoms with Crippen molar-refractivity contribution in [1.82, 2.24) is 4.57 Å². The van der Waals surface area contributed by atoms with Crippen molar-refractivity contribution in [3.05, 3.63) is 58.5 Å². The Balaban J connectivity index is 2.05. The van der Waals surface area contributed by atoms with Gasteiger partial charge in [0, 0.05) is 17.8 Å². The van der Waals surface area contributed by atoms with Crippen molar-refractivity contribution in [3.8, 4) is 11.5 Å². The molecule has 0 aliphatic rings. The molecule has 2 aromatic rings. The van der Waals surface area contributed by atoms with Gasteiger partial charge in [-0.3, -0.25) is 9.59 Å². The number of pyridine rings is 1. The van der Waals surface area contributed by atoms with Crippen LogP contribution < -0.4 is 15.0 Å². The molecule has 0 N–H and O–H groups in total. The van der Waals surface area contributed by atoms with E-state index in [4.69, 9.17) is 9.47 Å². The van der Waals surface area contributed by atoms with E-state index in [0.29, 0.717) is 30.2 Å². The summed E-state index contributed by atoms with van der Waals surface area (Å²) in [7, 11) is 1.53. The number of nitrogens with zero attached hydrogens (tertiary/aromatic N) is 1. The summed E-state index contributed by atoms with van der Waals surface area (Å²) in [6.07, 6.45) is 2.44. The van der Waals surface area contributed by atoms with Gasteiger partial charge in [-0.25, -0.2) is 0 Å². The van der Waals surface area contributed by atoms with E-state index in [1.807, 2.05) is 0 Å². The lowest BCUT2D eigenvalue weighted by molar-refractivity contribution is 0.112. The lowest BCUT2D eigenvalue weighted by Gasteiger charge is -2.11. The van der Waals surface area contributed by atoms with Crippen LogP contribution >= 0.6 is 0 Å². The SMILES string of the molecule is COc1ccc(C=O)cc1OCCn1ccccc1=O. The van der Waals surface area contributed by atoms with Gasteiger partial charge >= 0.3 is 0 Å². The summed E-state index contributed by atoms with van der Waals surface area (Å²) in [6.45, 7) is 0.733. The van der Waals surface area contributed by atoms with Crippen molar-refractivity contribution < 1.29 is 14.3 Å². The minimum Gasteiger partial charge on any atom is -0.493 e. The molecule has 0 bridgehead atoms. The van der Waals surface area contributed by atoms with E-state index in [9.17, 15) is 9.59 Å². The molecule has 0 saturated carbocycles. The average Bonchev–Trinajstić information content (AvgIpc) is 2.49. The number of hydrogen-bond donors (Lipinski definition) is 0. The van der Waals surface area contributed by atoms with Crippen LogP contribution in [0.15, 0.2) is 47.4 Å². The van der Waals surface area contributed by atoms with Crippen molar-refractivity contribution >= 4 is 6.29 Å². The van der Waals surface area contributed by atoms with Crippen molar-refractivity contribution in [3.63, 3.8) is 0 Å². The Labute approximate surface area is 116 Å². The summed E-state index contributed by atoms with van der Waals surface area (Å²) >= 11 is 0. The zero-order valence-corrected chi connectivity index (χ0v) is 11.1. The van der Waals surface area contributed by atoms with Crippen LogP contribution in [0.3, 0.4) is 0 Å². The number of benzene rings is 1. The predicted octanol–water partition coefficient (Wildman–Crippen LogP) is 1.75. The maximum Gasteiger partial charge on any atom is 0.250 e. The lowest BCUT2D eigenvalue weighted by Crippen LogP contribution is -2.21. The quantitative estimate of drug-likeness (QED) is 0.752. The van der Waals surface area contributed by atoms with Gasteiger partial charge in [-0.05, 0) is 24.3 Å². The number of aldehydes is 1. The molecular formula is C15H15NO4. The first-order valence-corrected chi connectivity index (χ1v) is 6.16. The molecule has 5 nitrogen and oxygen atoms in total. The minimum absolute atomic E-state index is 0.0790. The third kappa shape index (κ3) is 3.26. The summed E-state index contributed by atoms with van der Waals surface area (Å²) in [6, 6.07) is 9.91. The molecule has 0 radical (unpaired) electrons. The van der Waals surface area contributed by atoms with E-state index in [0.717, 1.165) is 6.29 Å². The van der Waals surface area contributed by atoms with Crippen LogP contribution in [0.25, 0.3) is 0 Å². The Morgan fingerprint density at radius 2 is 2.05 bits per heavy atom. The Hall–Kier alpha value is -2.56. The van der Waals surface area contributed by atoms with E-state index >= 15 is 0 Å². The number of aromatic nitrogens is 1. The van der Waals surface area contributed by atoms with Crippen molar-refractivity contribution in [2.45, 2.75) is 6.54 Å². The minimum atomic E-state index is -0.0790. The number of methoxy groups -OCH3 is 1. The fourth-order valence-electron chi connectivity index (χ4n) is 1.78. The second-order valence-electron chi connectivity index (χ2n) is 4.11. The van der Waals surface area contributed by atoms with Crippen LogP contribution in [0.2, 0.25) is 0 Å². The van der Waals surface area contributed by atoms with Crippen LogP contribution in [0.1, 0.15) is 10.4 Å². The summed E-state index contributed by atoms with van der Waals surface area (Å²) in [5.74, 6) is 1.04. The molecule has 0 fully saturated rings. The van der Waals surface area contributed by atoms with Gasteiger partial charge in [0.05, 0.1) is 13.7 Å². The van der Waals surface area contributed by atoms with Gasteiger partial charge in [-0.2, -0.15) is 0 Å². The van der Waals surface area contributed by atoms with Crippen molar-refractivity contribution in [1.29, 1.82) is 0 Å². The van der Waals surface area contributed by atoms with E-state index in [-0.39, 0.29) is 5.56 Å². The molecule has 1 aromatic heterocycles. The monoisotopic (exact) mass is 273 g/mol. The topological polar surface area (TPSA) is 57.5 Å². The van der Waals surface area contributed by atoms with Gasteiger partial charge in [0.25, 0.3) is 5.56 Å². The lowest BCUT2D eigenvalue weighted by atomic mass is 10.2. The van der Waals surface area contributed by atoms with Gasteiger partial charge in [0.15, 0.2) is 11.5 Å². The summed E-state index contributed by atoms with van der Waals surface area (Å²) < 4.78 is 12.3. The fraction of sp³-hybridized carbons (Fsp3) is 0.200. The van der Waals surface area contributed by atoms with Gasteiger partial charge in [-0.15, -0.1) is 0 Å². The Morgan fingerprint density at radius 3 is 2.75 bits per heavy atom. The molecule has 0 spiro atoms. The average molecular weight is 273 g/mol. The highest BCUT2D eigenvalue weighted by atomic mass is 16.5. The highest BCUT2D eigenvalue weighted by Crippen LogP contribution is 2.27. The van der Waals surface area contributed by atoms with Crippen molar-refractivity contribution in [2.75, 3.05) is 13.7 Å². The van der Waals surface area contributed by atoms with Crippen LogP contribution in [0, 0.1) is 0 Å². The van der Waals surface area contributed by atoms with Gasteiger partial charge in [0.2, 0.25) is 0 Å². The van der Waals surface area contributed by atoms with E-state index in [1.54, 1.807) is 41.1 Å². The number of carbonyl (C=O) groups is 1. The molecule has 2 rings (SSSR count). The first-order valence-electron chi connectivity index (χ1n) is 6.16. The highest BCUT2D eigenvalue weighted by molar-refractivity contribution is 5.76. The molecule has 0 amide bonds. The molecule has 104 valence electrons.